The molecule has 74 valence electrons. The number of aromatic nitrogens is 1. The molecule has 1 fully saturated rings. The molecule has 1 heterocycles. The van der Waals surface area contributed by atoms with Crippen LogP contribution in [0.5, 0.6) is 0 Å². The van der Waals surface area contributed by atoms with E-state index in [-0.39, 0.29) is 0 Å². The highest BCUT2D eigenvalue weighted by atomic mass is 15.0. The molecule has 2 aliphatic carbocycles. The van der Waals surface area contributed by atoms with Crippen LogP contribution in [-0.4, -0.2) is 11.0 Å². The van der Waals surface area contributed by atoms with E-state index in [0.717, 1.165) is 6.04 Å². The lowest BCUT2D eigenvalue weighted by Gasteiger charge is -2.29. The quantitative estimate of drug-likeness (QED) is 0.769. The van der Waals surface area contributed by atoms with Gasteiger partial charge in [-0.15, -0.1) is 0 Å². The van der Waals surface area contributed by atoms with E-state index < -0.39 is 0 Å². The average Bonchev–Trinajstić information content (AvgIpc) is 2.55. The number of aryl methyl sites for hydroxylation is 1. The fourth-order valence-electron chi connectivity index (χ4n) is 2.43. The van der Waals surface area contributed by atoms with Gasteiger partial charge in [-0.05, 0) is 37.3 Å². The lowest BCUT2D eigenvalue weighted by atomic mass is 9.92. The summed E-state index contributed by atoms with van der Waals surface area (Å²) in [4.78, 5) is 4.49. The summed E-state index contributed by atoms with van der Waals surface area (Å²) in [5, 5.41) is 3.71. The van der Waals surface area contributed by atoms with Gasteiger partial charge in [0.25, 0.3) is 0 Å². The maximum Gasteiger partial charge on any atom is 0.0605 e. The minimum absolute atomic E-state index is 0.538. The second-order valence-corrected chi connectivity index (χ2v) is 4.43. The van der Waals surface area contributed by atoms with Crippen LogP contribution in [0.15, 0.2) is 18.3 Å². The van der Waals surface area contributed by atoms with Crippen LogP contribution in [0.1, 0.15) is 43.0 Å². The molecule has 2 heteroatoms. The molecule has 1 aromatic rings. The number of hydrogen-bond donors (Lipinski definition) is 1. The molecule has 2 aliphatic rings. The van der Waals surface area contributed by atoms with Crippen LogP contribution in [0.2, 0.25) is 0 Å². The molecule has 1 unspecified atom stereocenters. The van der Waals surface area contributed by atoms with E-state index in [1.165, 1.54) is 43.4 Å². The van der Waals surface area contributed by atoms with Crippen molar-refractivity contribution in [3.63, 3.8) is 0 Å². The first-order valence-corrected chi connectivity index (χ1v) is 5.63. The van der Waals surface area contributed by atoms with Crippen LogP contribution in [0.3, 0.4) is 0 Å². The average molecular weight is 188 g/mol. The molecule has 0 aliphatic heterocycles. The van der Waals surface area contributed by atoms with Crippen molar-refractivity contribution in [2.75, 3.05) is 0 Å². The van der Waals surface area contributed by atoms with Gasteiger partial charge >= 0.3 is 0 Å². The molecule has 0 aromatic carbocycles. The van der Waals surface area contributed by atoms with Crippen LogP contribution in [0, 0.1) is 0 Å². The number of fused-ring (bicyclic) bond motifs is 1. The van der Waals surface area contributed by atoms with Crippen LogP contribution >= 0.6 is 0 Å². The van der Waals surface area contributed by atoms with Crippen molar-refractivity contribution >= 4 is 0 Å². The van der Waals surface area contributed by atoms with Crippen molar-refractivity contribution in [1.29, 1.82) is 0 Å². The summed E-state index contributed by atoms with van der Waals surface area (Å²) in [5.74, 6) is 0. The molecule has 2 nitrogen and oxygen atoms in total. The minimum atomic E-state index is 0.538. The van der Waals surface area contributed by atoms with Gasteiger partial charge in [-0.2, -0.15) is 0 Å². The zero-order valence-electron chi connectivity index (χ0n) is 8.37. The van der Waals surface area contributed by atoms with Gasteiger partial charge < -0.3 is 5.32 Å². The Labute approximate surface area is 84.7 Å². The third-order valence-electron chi connectivity index (χ3n) is 3.50. The maximum atomic E-state index is 4.49. The largest absolute Gasteiger partial charge is 0.306 e. The summed E-state index contributed by atoms with van der Waals surface area (Å²) in [6, 6.07) is 5.57. The molecule has 14 heavy (non-hydrogen) atoms. The van der Waals surface area contributed by atoms with Crippen LogP contribution < -0.4 is 5.32 Å². The van der Waals surface area contributed by atoms with Gasteiger partial charge in [0.2, 0.25) is 0 Å². The third-order valence-corrected chi connectivity index (χ3v) is 3.50. The molecule has 1 atom stereocenters. The Morgan fingerprint density at radius 2 is 2.21 bits per heavy atom. The predicted octanol–water partition coefficient (Wildman–Crippen LogP) is 2.21. The molecule has 3 rings (SSSR count). The first-order valence-electron chi connectivity index (χ1n) is 5.63. The molecule has 0 radical (unpaired) electrons. The second kappa shape index (κ2) is 3.35. The highest BCUT2D eigenvalue weighted by Gasteiger charge is 2.27. The van der Waals surface area contributed by atoms with Gasteiger partial charge in [0, 0.05) is 12.2 Å². The lowest BCUT2D eigenvalue weighted by molar-refractivity contribution is 0.302. The lowest BCUT2D eigenvalue weighted by Crippen LogP contribution is -2.37. The van der Waals surface area contributed by atoms with Crippen molar-refractivity contribution < 1.29 is 0 Å². The van der Waals surface area contributed by atoms with Gasteiger partial charge in [0.05, 0.1) is 11.7 Å². The van der Waals surface area contributed by atoms with Gasteiger partial charge in [0.15, 0.2) is 0 Å². The molecule has 1 saturated carbocycles. The van der Waals surface area contributed by atoms with Crippen LogP contribution in [-0.2, 0) is 6.42 Å². The standard InChI is InChI=1S/C12H16N2/c1-4-10(5-1)14-11-7-6-9-3-2-8-13-12(9)11/h2-3,8,10-11,14H,1,4-7H2. The molecular weight excluding hydrogens is 172 g/mol. The number of hydrogen-bond acceptors (Lipinski definition) is 2. The second-order valence-electron chi connectivity index (χ2n) is 4.43. The van der Waals surface area contributed by atoms with Gasteiger partial charge in [0.1, 0.15) is 0 Å². The van der Waals surface area contributed by atoms with Crippen LogP contribution in [0.4, 0.5) is 0 Å². The van der Waals surface area contributed by atoms with E-state index in [1.54, 1.807) is 0 Å². The summed E-state index contributed by atoms with van der Waals surface area (Å²) in [7, 11) is 0. The monoisotopic (exact) mass is 188 g/mol. The van der Waals surface area contributed by atoms with Crippen molar-refractivity contribution in [1.82, 2.24) is 10.3 Å². The fraction of sp³-hybridized carbons (Fsp3) is 0.583. The summed E-state index contributed by atoms with van der Waals surface area (Å²) in [6.45, 7) is 0. The molecule has 0 spiro atoms. The smallest absolute Gasteiger partial charge is 0.0605 e. The maximum absolute atomic E-state index is 4.49. The zero-order valence-corrected chi connectivity index (χ0v) is 8.37. The Morgan fingerprint density at radius 3 is 3.00 bits per heavy atom. The Balaban J connectivity index is 1.76. The first-order chi connectivity index (χ1) is 6.93. The van der Waals surface area contributed by atoms with Gasteiger partial charge in [-0.25, -0.2) is 0 Å². The molecule has 0 bridgehead atoms. The number of nitrogens with zero attached hydrogens (tertiary/aromatic N) is 1. The summed E-state index contributed by atoms with van der Waals surface area (Å²) in [5.41, 5.74) is 2.75. The third kappa shape index (κ3) is 1.34. The zero-order chi connectivity index (χ0) is 9.38. The van der Waals surface area contributed by atoms with Crippen molar-refractivity contribution in [3.8, 4) is 0 Å². The fourth-order valence-corrected chi connectivity index (χ4v) is 2.43. The van der Waals surface area contributed by atoms with Crippen molar-refractivity contribution in [3.05, 3.63) is 29.6 Å². The topological polar surface area (TPSA) is 24.9 Å². The van der Waals surface area contributed by atoms with E-state index in [2.05, 4.69) is 16.4 Å². The molecular formula is C12H16N2. The minimum Gasteiger partial charge on any atom is -0.306 e. The van der Waals surface area contributed by atoms with Crippen molar-refractivity contribution in [2.45, 2.75) is 44.2 Å². The Bertz CT molecular complexity index is 331. The molecule has 0 amide bonds. The van der Waals surface area contributed by atoms with Gasteiger partial charge in [-0.1, -0.05) is 12.5 Å². The van der Waals surface area contributed by atoms with E-state index in [1.807, 2.05) is 12.3 Å². The summed E-state index contributed by atoms with van der Waals surface area (Å²) in [6.07, 6.45) is 8.48. The van der Waals surface area contributed by atoms with E-state index in [9.17, 15) is 0 Å². The van der Waals surface area contributed by atoms with E-state index >= 15 is 0 Å². The molecule has 1 N–H and O–H groups in total. The van der Waals surface area contributed by atoms with Crippen LogP contribution in [0.25, 0.3) is 0 Å². The highest BCUT2D eigenvalue weighted by molar-refractivity contribution is 5.28. The Morgan fingerprint density at radius 1 is 1.29 bits per heavy atom. The van der Waals surface area contributed by atoms with E-state index in [4.69, 9.17) is 0 Å². The number of pyridine rings is 1. The predicted molar refractivity (Wildman–Crippen MR) is 56.1 cm³/mol. The molecule has 1 aromatic heterocycles. The Hall–Kier alpha value is -0.890. The Kier molecular flexibility index (Phi) is 2.02. The molecule has 0 saturated heterocycles. The van der Waals surface area contributed by atoms with Crippen molar-refractivity contribution in [2.24, 2.45) is 0 Å². The first kappa shape index (κ1) is 8.42. The summed E-state index contributed by atoms with van der Waals surface area (Å²) < 4.78 is 0. The summed E-state index contributed by atoms with van der Waals surface area (Å²) >= 11 is 0. The number of rotatable bonds is 2. The highest BCUT2D eigenvalue weighted by Crippen LogP contribution is 2.31. The normalized spacial score (nSPS) is 25.9. The van der Waals surface area contributed by atoms with Gasteiger partial charge in [-0.3, -0.25) is 4.98 Å². The SMILES string of the molecule is c1cnc2c(c1)CCC2NC1CCC1. The van der Waals surface area contributed by atoms with E-state index in [0.29, 0.717) is 6.04 Å². The number of nitrogens with one attached hydrogen (secondary N) is 1.